The van der Waals surface area contributed by atoms with Crippen LogP contribution in [0.2, 0.25) is 0 Å². The van der Waals surface area contributed by atoms with Gasteiger partial charge in [0.05, 0.1) is 25.4 Å². The van der Waals surface area contributed by atoms with Crippen LogP contribution in [0.3, 0.4) is 0 Å². The summed E-state index contributed by atoms with van der Waals surface area (Å²) >= 11 is 0. The van der Waals surface area contributed by atoms with E-state index in [-0.39, 0.29) is 18.5 Å². The first kappa shape index (κ1) is 63.6. The first-order valence-corrected chi connectivity index (χ1v) is 29.4. The van der Waals surface area contributed by atoms with E-state index in [0.717, 1.165) is 44.9 Å². The SMILES string of the molecule is CCCCCCCCC/C=C\CCCCCCCCCC(=O)OCCCCCCCCCCCCCCCCCCCC(=O)NC(CO)C(O)CCCCCCCCCCCCCCC. The maximum Gasteiger partial charge on any atom is 0.305 e. The number of aliphatic hydroxyl groups excluding tert-OH is 2. The molecule has 0 spiro atoms. The van der Waals surface area contributed by atoms with E-state index in [4.69, 9.17) is 4.74 Å². The van der Waals surface area contributed by atoms with Crippen LogP contribution in [-0.4, -0.2) is 47.4 Å². The van der Waals surface area contributed by atoms with Crippen molar-refractivity contribution in [1.29, 1.82) is 0 Å². The Labute approximate surface area is 406 Å². The van der Waals surface area contributed by atoms with Crippen molar-refractivity contribution in [2.45, 2.75) is 341 Å². The van der Waals surface area contributed by atoms with Gasteiger partial charge < -0.3 is 20.3 Å². The summed E-state index contributed by atoms with van der Waals surface area (Å²) in [6.45, 7) is 4.95. The summed E-state index contributed by atoms with van der Waals surface area (Å²) in [4.78, 5) is 24.5. The van der Waals surface area contributed by atoms with Crippen molar-refractivity contribution < 1.29 is 24.5 Å². The Kier molecular flexibility index (Phi) is 54.0. The highest BCUT2D eigenvalue weighted by atomic mass is 16.5. The standard InChI is InChI=1S/C59H115NO5/c1-3-5-7-9-11-13-15-17-18-19-22-25-29-33-37-41-45-49-53-59(64)65-54-50-46-42-38-34-30-26-23-20-21-24-28-32-36-40-44-48-52-58(63)60-56(55-61)57(62)51-47-43-39-35-31-27-16-14-12-10-8-6-4-2/h18-19,56-57,61-62H,3-17,20-55H2,1-2H3,(H,60,63)/b19-18-. The minimum atomic E-state index is -0.666. The number of hydrogen-bond acceptors (Lipinski definition) is 5. The molecule has 6 heteroatoms. The van der Waals surface area contributed by atoms with Gasteiger partial charge in [0.25, 0.3) is 0 Å². The molecular weight excluding hydrogens is 803 g/mol. The van der Waals surface area contributed by atoms with E-state index in [9.17, 15) is 19.8 Å². The Bertz CT molecular complexity index is 970. The van der Waals surface area contributed by atoms with Crippen LogP contribution in [0.15, 0.2) is 12.2 Å². The number of unbranched alkanes of at least 4 members (excludes halogenated alkanes) is 42. The van der Waals surface area contributed by atoms with Gasteiger partial charge in [-0.1, -0.05) is 276 Å². The van der Waals surface area contributed by atoms with Crippen LogP contribution in [0.4, 0.5) is 0 Å². The molecule has 0 fully saturated rings. The van der Waals surface area contributed by atoms with Crippen molar-refractivity contribution in [3.8, 4) is 0 Å². The molecule has 0 saturated carbocycles. The van der Waals surface area contributed by atoms with Gasteiger partial charge in [-0.05, 0) is 51.4 Å². The number of nitrogens with one attached hydrogen (secondary N) is 1. The van der Waals surface area contributed by atoms with Gasteiger partial charge in [0, 0.05) is 12.8 Å². The normalized spacial score (nSPS) is 12.6. The van der Waals surface area contributed by atoms with Gasteiger partial charge in [-0.25, -0.2) is 0 Å². The average molecular weight is 919 g/mol. The maximum atomic E-state index is 12.5. The zero-order valence-corrected chi connectivity index (χ0v) is 44.0. The Balaban J connectivity index is 3.39. The van der Waals surface area contributed by atoms with E-state index in [2.05, 4.69) is 31.3 Å². The number of ether oxygens (including phenoxy) is 1. The largest absolute Gasteiger partial charge is 0.466 e. The molecule has 0 bridgehead atoms. The highest BCUT2D eigenvalue weighted by Crippen LogP contribution is 2.17. The fraction of sp³-hybridized carbons (Fsp3) is 0.932. The topological polar surface area (TPSA) is 95.9 Å². The molecule has 0 aromatic heterocycles. The highest BCUT2D eigenvalue weighted by molar-refractivity contribution is 5.76. The summed E-state index contributed by atoms with van der Waals surface area (Å²) in [6, 6.07) is -0.544. The summed E-state index contributed by atoms with van der Waals surface area (Å²) in [5, 5.41) is 23.2. The van der Waals surface area contributed by atoms with Gasteiger partial charge in [-0.3, -0.25) is 9.59 Å². The van der Waals surface area contributed by atoms with Crippen molar-refractivity contribution in [1.82, 2.24) is 5.32 Å². The molecular formula is C59H115NO5. The Hall–Kier alpha value is -1.40. The molecule has 1 amide bonds. The van der Waals surface area contributed by atoms with Crippen molar-refractivity contribution >= 4 is 11.9 Å². The molecule has 0 saturated heterocycles. The average Bonchev–Trinajstić information content (AvgIpc) is 3.31. The lowest BCUT2D eigenvalue weighted by Gasteiger charge is -2.22. The van der Waals surface area contributed by atoms with Crippen molar-refractivity contribution in [2.75, 3.05) is 13.2 Å². The number of rotatable bonds is 55. The lowest BCUT2D eigenvalue weighted by Crippen LogP contribution is -2.45. The molecule has 0 aliphatic heterocycles. The summed E-state index contributed by atoms with van der Waals surface area (Å²) in [6.07, 6.45) is 64.9. The lowest BCUT2D eigenvalue weighted by molar-refractivity contribution is -0.143. The molecule has 386 valence electrons. The Morgan fingerprint density at radius 1 is 0.415 bits per heavy atom. The van der Waals surface area contributed by atoms with Gasteiger partial charge in [0.15, 0.2) is 0 Å². The second kappa shape index (κ2) is 55.2. The van der Waals surface area contributed by atoms with Crippen LogP contribution in [0.25, 0.3) is 0 Å². The first-order valence-electron chi connectivity index (χ1n) is 29.4. The smallest absolute Gasteiger partial charge is 0.305 e. The number of carbonyl (C=O) groups is 2. The van der Waals surface area contributed by atoms with Crippen LogP contribution < -0.4 is 5.32 Å². The number of aliphatic hydroxyl groups is 2. The summed E-state index contributed by atoms with van der Waals surface area (Å²) in [5.41, 5.74) is 0. The quantitative estimate of drug-likeness (QED) is 0.0321. The fourth-order valence-corrected chi connectivity index (χ4v) is 9.28. The van der Waals surface area contributed by atoms with E-state index in [1.165, 1.54) is 250 Å². The van der Waals surface area contributed by atoms with Gasteiger partial charge in [0.1, 0.15) is 0 Å². The molecule has 3 N–H and O–H groups in total. The van der Waals surface area contributed by atoms with Crippen molar-refractivity contribution in [3.05, 3.63) is 12.2 Å². The minimum absolute atomic E-state index is 0.00308. The number of hydrogen-bond donors (Lipinski definition) is 3. The lowest BCUT2D eigenvalue weighted by atomic mass is 10.0. The molecule has 0 aromatic carbocycles. The van der Waals surface area contributed by atoms with Crippen LogP contribution in [0.5, 0.6) is 0 Å². The number of allylic oxidation sites excluding steroid dienone is 2. The summed E-state index contributed by atoms with van der Waals surface area (Å²) in [7, 11) is 0. The van der Waals surface area contributed by atoms with E-state index >= 15 is 0 Å². The van der Waals surface area contributed by atoms with Crippen LogP contribution in [0.1, 0.15) is 328 Å². The molecule has 0 heterocycles. The zero-order chi connectivity index (χ0) is 47.2. The zero-order valence-electron chi connectivity index (χ0n) is 44.0. The van der Waals surface area contributed by atoms with Crippen molar-refractivity contribution in [2.24, 2.45) is 0 Å². The van der Waals surface area contributed by atoms with Crippen molar-refractivity contribution in [3.63, 3.8) is 0 Å². The fourth-order valence-electron chi connectivity index (χ4n) is 9.28. The van der Waals surface area contributed by atoms with Gasteiger partial charge in [-0.15, -0.1) is 0 Å². The molecule has 0 aromatic rings. The molecule has 0 rings (SSSR count). The van der Waals surface area contributed by atoms with Gasteiger partial charge >= 0.3 is 5.97 Å². The number of carbonyl (C=O) groups excluding carboxylic acids is 2. The predicted octanol–water partition coefficient (Wildman–Crippen LogP) is 18.1. The molecule has 6 nitrogen and oxygen atoms in total. The van der Waals surface area contributed by atoms with Gasteiger partial charge in [0.2, 0.25) is 5.91 Å². The molecule has 65 heavy (non-hydrogen) atoms. The molecule has 2 atom stereocenters. The maximum absolute atomic E-state index is 12.5. The highest BCUT2D eigenvalue weighted by Gasteiger charge is 2.20. The Morgan fingerprint density at radius 2 is 0.723 bits per heavy atom. The Morgan fingerprint density at radius 3 is 1.09 bits per heavy atom. The summed E-state index contributed by atoms with van der Waals surface area (Å²) in [5.74, 6) is -0.0360. The van der Waals surface area contributed by atoms with E-state index in [1.807, 2.05) is 0 Å². The summed E-state index contributed by atoms with van der Waals surface area (Å²) < 4.78 is 5.49. The van der Waals surface area contributed by atoms with E-state index < -0.39 is 12.1 Å². The monoisotopic (exact) mass is 918 g/mol. The number of esters is 1. The molecule has 0 aliphatic carbocycles. The first-order chi connectivity index (χ1) is 32.0. The van der Waals surface area contributed by atoms with Gasteiger partial charge in [-0.2, -0.15) is 0 Å². The third-order valence-corrected chi connectivity index (χ3v) is 13.8. The third-order valence-electron chi connectivity index (χ3n) is 13.8. The third kappa shape index (κ3) is 51.8. The minimum Gasteiger partial charge on any atom is -0.466 e. The second-order valence-corrected chi connectivity index (χ2v) is 20.3. The van der Waals surface area contributed by atoms with Crippen LogP contribution >= 0.6 is 0 Å². The second-order valence-electron chi connectivity index (χ2n) is 20.3. The number of amides is 1. The van der Waals surface area contributed by atoms with E-state index in [1.54, 1.807) is 0 Å². The molecule has 0 aliphatic rings. The van der Waals surface area contributed by atoms with E-state index in [0.29, 0.717) is 25.9 Å². The molecule has 2 unspecified atom stereocenters. The predicted molar refractivity (Wildman–Crippen MR) is 283 cm³/mol. The van der Waals surface area contributed by atoms with Crippen LogP contribution in [-0.2, 0) is 14.3 Å². The van der Waals surface area contributed by atoms with Crippen LogP contribution in [0, 0.1) is 0 Å². The molecule has 0 radical (unpaired) electrons.